The first-order chi connectivity index (χ1) is 9.63. The molecule has 1 aromatic heterocycles. The minimum Gasteiger partial charge on any atom is -0.508 e. The van der Waals surface area contributed by atoms with Gasteiger partial charge in [0.05, 0.1) is 5.56 Å². The zero-order valence-corrected chi connectivity index (χ0v) is 11.4. The van der Waals surface area contributed by atoms with Crippen molar-refractivity contribution in [1.29, 1.82) is 0 Å². The van der Waals surface area contributed by atoms with Crippen molar-refractivity contribution in [2.45, 2.75) is 6.42 Å². The molecule has 100 valence electrons. The van der Waals surface area contributed by atoms with Crippen LogP contribution in [-0.2, 0) is 6.42 Å². The number of carbonyl (C=O) groups excluding carboxylic acids is 1. The molecule has 0 aliphatic heterocycles. The molecule has 1 heterocycles. The van der Waals surface area contributed by atoms with Crippen LogP contribution in [0.25, 0.3) is 10.1 Å². The largest absolute Gasteiger partial charge is 0.508 e. The van der Waals surface area contributed by atoms with E-state index in [0.717, 1.165) is 15.0 Å². The Morgan fingerprint density at radius 1 is 1.05 bits per heavy atom. The lowest BCUT2D eigenvalue weighted by Gasteiger charge is -2.03. The lowest BCUT2D eigenvalue weighted by molar-refractivity contribution is 0.0991. The van der Waals surface area contributed by atoms with Crippen LogP contribution in [0.1, 0.15) is 15.2 Å². The summed E-state index contributed by atoms with van der Waals surface area (Å²) in [6, 6.07) is 14.0. The Morgan fingerprint density at radius 3 is 2.60 bits per heavy atom. The van der Waals surface area contributed by atoms with Crippen molar-refractivity contribution in [3.63, 3.8) is 0 Å². The van der Waals surface area contributed by atoms with Gasteiger partial charge >= 0.3 is 0 Å². The van der Waals surface area contributed by atoms with E-state index in [0.29, 0.717) is 0 Å². The standard InChI is InChI=1S/C16H12O3S/c17-11-5-6-13(14(18)8-11)15(19)9-12-7-10-3-1-2-4-16(10)20-12/h1-8,17-18H,9H2. The molecule has 0 amide bonds. The fourth-order valence-electron chi connectivity index (χ4n) is 2.13. The Morgan fingerprint density at radius 2 is 1.85 bits per heavy atom. The number of Topliss-reactive ketones (excluding diaryl/α,β-unsaturated/α-hetero) is 1. The summed E-state index contributed by atoms with van der Waals surface area (Å²) in [4.78, 5) is 13.1. The second-order valence-corrected chi connectivity index (χ2v) is 5.72. The number of phenolic OH excluding ortho intramolecular Hbond substituents is 2. The van der Waals surface area contributed by atoms with E-state index in [1.54, 1.807) is 11.3 Å². The number of fused-ring (bicyclic) bond motifs is 1. The van der Waals surface area contributed by atoms with E-state index >= 15 is 0 Å². The van der Waals surface area contributed by atoms with Crippen molar-refractivity contribution in [1.82, 2.24) is 0 Å². The van der Waals surface area contributed by atoms with Gasteiger partial charge in [0.15, 0.2) is 5.78 Å². The smallest absolute Gasteiger partial charge is 0.171 e. The highest BCUT2D eigenvalue weighted by Gasteiger charge is 2.13. The second-order valence-electron chi connectivity index (χ2n) is 4.55. The summed E-state index contributed by atoms with van der Waals surface area (Å²) in [5.74, 6) is -0.397. The van der Waals surface area contributed by atoms with Crippen molar-refractivity contribution in [3.05, 3.63) is 59.0 Å². The quantitative estimate of drug-likeness (QED) is 0.720. The Kier molecular flexibility index (Phi) is 3.16. The molecule has 0 atom stereocenters. The van der Waals surface area contributed by atoms with Gasteiger partial charge in [0.1, 0.15) is 11.5 Å². The first-order valence-electron chi connectivity index (χ1n) is 6.16. The normalized spacial score (nSPS) is 10.8. The number of ketones is 1. The molecule has 2 N–H and O–H groups in total. The van der Waals surface area contributed by atoms with Crippen LogP contribution in [0, 0.1) is 0 Å². The number of benzene rings is 2. The number of thiophene rings is 1. The Balaban J connectivity index is 1.88. The number of carbonyl (C=O) groups is 1. The monoisotopic (exact) mass is 284 g/mol. The van der Waals surface area contributed by atoms with Gasteiger partial charge in [0.2, 0.25) is 0 Å². The summed E-state index contributed by atoms with van der Waals surface area (Å²) in [5, 5.41) is 20.1. The molecule has 0 aliphatic carbocycles. The minimum absolute atomic E-state index is 0.0547. The molecule has 0 bridgehead atoms. The fourth-order valence-corrected chi connectivity index (χ4v) is 3.20. The first kappa shape index (κ1) is 12.7. The summed E-state index contributed by atoms with van der Waals surface area (Å²) in [5.41, 5.74) is 0.236. The molecule has 4 heteroatoms. The van der Waals surface area contributed by atoms with Crippen LogP contribution in [0.4, 0.5) is 0 Å². The number of rotatable bonds is 3. The molecule has 0 saturated carbocycles. The zero-order valence-electron chi connectivity index (χ0n) is 10.5. The molecule has 0 radical (unpaired) electrons. The maximum atomic E-state index is 12.2. The minimum atomic E-state index is -0.184. The lowest BCUT2D eigenvalue weighted by atomic mass is 10.1. The van der Waals surface area contributed by atoms with Gasteiger partial charge in [-0.25, -0.2) is 0 Å². The van der Waals surface area contributed by atoms with Crippen LogP contribution >= 0.6 is 11.3 Å². The molecule has 20 heavy (non-hydrogen) atoms. The maximum absolute atomic E-state index is 12.2. The summed E-state index contributed by atoms with van der Waals surface area (Å²) < 4.78 is 1.14. The Bertz CT molecular complexity index is 756. The van der Waals surface area contributed by atoms with Gasteiger partial charge in [-0.1, -0.05) is 18.2 Å². The third kappa shape index (κ3) is 2.38. The molecular formula is C16H12O3S. The summed E-state index contributed by atoms with van der Waals surface area (Å²) in [6.07, 6.45) is 0.248. The summed E-state index contributed by atoms with van der Waals surface area (Å²) in [7, 11) is 0. The molecule has 0 unspecified atom stereocenters. The fraction of sp³-hybridized carbons (Fsp3) is 0.0625. The predicted molar refractivity (Wildman–Crippen MR) is 79.6 cm³/mol. The molecule has 3 aromatic rings. The highest BCUT2D eigenvalue weighted by atomic mass is 32.1. The SMILES string of the molecule is O=C(Cc1cc2ccccc2s1)c1ccc(O)cc1O. The van der Waals surface area contributed by atoms with E-state index in [1.807, 2.05) is 30.3 Å². The lowest BCUT2D eigenvalue weighted by Crippen LogP contribution is -2.02. The van der Waals surface area contributed by atoms with Crippen LogP contribution in [0.15, 0.2) is 48.5 Å². The molecule has 0 aliphatic rings. The molecule has 0 fully saturated rings. The van der Waals surface area contributed by atoms with E-state index in [2.05, 4.69) is 0 Å². The van der Waals surface area contributed by atoms with E-state index in [1.165, 1.54) is 18.2 Å². The third-order valence-corrected chi connectivity index (χ3v) is 4.21. The Hall–Kier alpha value is -2.33. The second kappa shape index (κ2) is 4.98. The number of hydrogen-bond donors (Lipinski definition) is 2. The van der Waals surface area contributed by atoms with E-state index in [-0.39, 0.29) is 29.3 Å². The average Bonchev–Trinajstić information content (AvgIpc) is 2.80. The van der Waals surface area contributed by atoms with E-state index in [9.17, 15) is 15.0 Å². The highest BCUT2D eigenvalue weighted by Crippen LogP contribution is 2.28. The molecular weight excluding hydrogens is 272 g/mol. The number of hydrogen-bond acceptors (Lipinski definition) is 4. The van der Waals surface area contributed by atoms with Gasteiger partial charge in [-0.3, -0.25) is 4.79 Å². The predicted octanol–water partition coefficient (Wildman–Crippen LogP) is 3.74. The Labute approximate surface area is 119 Å². The van der Waals surface area contributed by atoms with E-state index < -0.39 is 0 Å². The molecule has 0 saturated heterocycles. The third-order valence-electron chi connectivity index (χ3n) is 3.09. The summed E-state index contributed by atoms with van der Waals surface area (Å²) in [6.45, 7) is 0. The average molecular weight is 284 g/mol. The van der Waals surface area contributed by atoms with Crippen molar-refractivity contribution < 1.29 is 15.0 Å². The molecule has 0 spiro atoms. The number of aromatic hydroxyl groups is 2. The molecule has 2 aromatic carbocycles. The zero-order chi connectivity index (χ0) is 14.1. The highest BCUT2D eigenvalue weighted by molar-refractivity contribution is 7.19. The van der Waals surface area contributed by atoms with E-state index in [4.69, 9.17) is 0 Å². The van der Waals surface area contributed by atoms with Gasteiger partial charge in [0, 0.05) is 22.1 Å². The van der Waals surface area contributed by atoms with Crippen molar-refractivity contribution in [3.8, 4) is 11.5 Å². The van der Waals surface area contributed by atoms with Crippen LogP contribution in [0.2, 0.25) is 0 Å². The van der Waals surface area contributed by atoms with Crippen LogP contribution in [0.5, 0.6) is 11.5 Å². The first-order valence-corrected chi connectivity index (χ1v) is 6.98. The topological polar surface area (TPSA) is 57.5 Å². The van der Waals surface area contributed by atoms with Crippen molar-refractivity contribution in [2.75, 3.05) is 0 Å². The van der Waals surface area contributed by atoms with Crippen LogP contribution < -0.4 is 0 Å². The van der Waals surface area contributed by atoms with Gasteiger partial charge in [0.25, 0.3) is 0 Å². The van der Waals surface area contributed by atoms with Gasteiger partial charge in [-0.15, -0.1) is 11.3 Å². The number of phenols is 2. The summed E-state index contributed by atoms with van der Waals surface area (Å²) >= 11 is 1.58. The van der Waals surface area contributed by atoms with Crippen LogP contribution in [-0.4, -0.2) is 16.0 Å². The van der Waals surface area contributed by atoms with Crippen LogP contribution in [0.3, 0.4) is 0 Å². The van der Waals surface area contributed by atoms with Crippen molar-refractivity contribution in [2.24, 2.45) is 0 Å². The van der Waals surface area contributed by atoms with Gasteiger partial charge in [-0.2, -0.15) is 0 Å². The van der Waals surface area contributed by atoms with Gasteiger partial charge < -0.3 is 10.2 Å². The molecule has 3 rings (SSSR count). The van der Waals surface area contributed by atoms with Gasteiger partial charge in [-0.05, 0) is 29.7 Å². The maximum Gasteiger partial charge on any atom is 0.171 e. The van der Waals surface area contributed by atoms with Crippen molar-refractivity contribution >= 4 is 27.2 Å². The molecule has 3 nitrogen and oxygen atoms in total.